The number of carbonyl (C=O) groups is 3. The highest BCUT2D eigenvalue weighted by molar-refractivity contribution is 9.10. The molecular weight excluding hydrogens is 527 g/mol. The van der Waals surface area contributed by atoms with Crippen molar-refractivity contribution in [3.8, 4) is 5.75 Å². The van der Waals surface area contributed by atoms with Crippen LogP contribution in [0, 0.1) is 17.7 Å². The Morgan fingerprint density at radius 1 is 0.972 bits per heavy atom. The van der Waals surface area contributed by atoms with Crippen LogP contribution >= 0.6 is 15.9 Å². The van der Waals surface area contributed by atoms with Crippen LogP contribution in [0.5, 0.6) is 5.75 Å². The highest BCUT2D eigenvalue weighted by atomic mass is 79.9. The highest BCUT2D eigenvalue weighted by Gasteiger charge is 2.64. The van der Waals surface area contributed by atoms with Crippen LogP contribution in [-0.2, 0) is 9.59 Å². The molecule has 6 nitrogen and oxygen atoms in total. The van der Waals surface area contributed by atoms with Crippen molar-refractivity contribution in [2.75, 3.05) is 16.9 Å². The van der Waals surface area contributed by atoms with E-state index in [1.54, 1.807) is 18.2 Å². The normalized spacial score (nSPS) is 24.0. The molecule has 2 fully saturated rings. The van der Waals surface area contributed by atoms with E-state index in [1.807, 2.05) is 41.3 Å². The third-order valence-electron chi connectivity index (χ3n) is 7.19. The summed E-state index contributed by atoms with van der Waals surface area (Å²) >= 11 is 3.44. The van der Waals surface area contributed by atoms with E-state index in [9.17, 15) is 18.8 Å². The van der Waals surface area contributed by atoms with Gasteiger partial charge in [0.05, 0.1) is 35.1 Å². The van der Waals surface area contributed by atoms with Crippen molar-refractivity contribution in [3.05, 3.63) is 94.2 Å². The Balaban J connectivity index is 1.49. The first kappa shape index (κ1) is 22.7. The van der Waals surface area contributed by atoms with Gasteiger partial charge >= 0.3 is 0 Å². The molecule has 2 saturated heterocycles. The van der Waals surface area contributed by atoms with Crippen LogP contribution in [0.3, 0.4) is 0 Å². The molecule has 3 heterocycles. The standard InChI is InChI=1S/C28H20BrFN2O4/c1-36-22-12-10-16(13-19(22)29)26(33)25-24-23(21-11-9-15-5-2-3-8-20(15)32(21)25)27(34)31(28(24)35)18-7-4-6-17(30)14-18/h2-14,21,23-25H,1H3/t21-,23+,24-,25+/m1/s1. The number of ketones is 1. The Morgan fingerprint density at radius 3 is 2.50 bits per heavy atom. The summed E-state index contributed by atoms with van der Waals surface area (Å²) < 4.78 is 19.9. The zero-order chi connectivity index (χ0) is 25.1. The van der Waals surface area contributed by atoms with Crippen LogP contribution in [0.2, 0.25) is 0 Å². The molecule has 0 saturated carbocycles. The number of Topliss-reactive ketones (excluding diaryl/α,β-unsaturated/α-hetero) is 1. The number of para-hydroxylation sites is 1. The van der Waals surface area contributed by atoms with E-state index in [4.69, 9.17) is 4.74 Å². The van der Waals surface area contributed by atoms with Gasteiger partial charge in [0, 0.05) is 11.3 Å². The number of anilines is 2. The van der Waals surface area contributed by atoms with Crippen molar-refractivity contribution < 1.29 is 23.5 Å². The predicted molar refractivity (Wildman–Crippen MR) is 136 cm³/mol. The van der Waals surface area contributed by atoms with Crippen molar-refractivity contribution in [2.45, 2.75) is 12.1 Å². The quantitative estimate of drug-likeness (QED) is 0.345. The fraction of sp³-hybridized carbons (Fsp3) is 0.179. The number of methoxy groups -OCH3 is 1. The van der Waals surface area contributed by atoms with Crippen LogP contribution in [0.15, 0.2) is 77.3 Å². The molecule has 3 aromatic rings. The first-order chi connectivity index (χ1) is 17.4. The molecule has 3 aliphatic rings. The minimum absolute atomic E-state index is 0.171. The first-order valence-electron chi connectivity index (χ1n) is 11.5. The fourth-order valence-corrected chi connectivity index (χ4v) is 6.21. The molecule has 36 heavy (non-hydrogen) atoms. The summed E-state index contributed by atoms with van der Waals surface area (Å²) in [5.41, 5.74) is 2.26. The number of ether oxygens (including phenoxy) is 1. The largest absolute Gasteiger partial charge is 0.496 e. The lowest BCUT2D eigenvalue weighted by molar-refractivity contribution is -0.122. The van der Waals surface area contributed by atoms with E-state index in [2.05, 4.69) is 15.9 Å². The summed E-state index contributed by atoms with van der Waals surface area (Å²) in [5, 5.41) is 0. The van der Waals surface area contributed by atoms with Crippen molar-refractivity contribution >= 4 is 51.0 Å². The average Bonchev–Trinajstić information content (AvgIpc) is 3.36. The number of carbonyl (C=O) groups excluding carboxylic acids is 3. The van der Waals surface area contributed by atoms with Gasteiger partial charge in [-0.2, -0.15) is 0 Å². The summed E-state index contributed by atoms with van der Waals surface area (Å²) in [6.45, 7) is 0. The number of hydrogen-bond acceptors (Lipinski definition) is 5. The van der Waals surface area contributed by atoms with Gasteiger partial charge in [0.1, 0.15) is 17.6 Å². The lowest BCUT2D eigenvalue weighted by Gasteiger charge is -2.36. The molecular formula is C28H20BrFN2O4. The van der Waals surface area contributed by atoms with Crippen LogP contribution in [0.4, 0.5) is 15.8 Å². The smallest absolute Gasteiger partial charge is 0.240 e. The molecule has 2 amide bonds. The molecule has 0 unspecified atom stereocenters. The molecule has 0 bridgehead atoms. The molecule has 3 aromatic carbocycles. The second-order valence-electron chi connectivity index (χ2n) is 9.02. The van der Waals surface area contributed by atoms with Gasteiger partial charge in [0.15, 0.2) is 5.78 Å². The molecule has 6 rings (SSSR count). The third-order valence-corrected chi connectivity index (χ3v) is 7.81. The molecule has 3 aliphatic heterocycles. The molecule has 0 N–H and O–H groups in total. The van der Waals surface area contributed by atoms with Gasteiger partial charge in [-0.05, 0) is 64.0 Å². The molecule has 0 spiro atoms. The fourth-order valence-electron chi connectivity index (χ4n) is 5.67. The second-order valence-corrected chi connectivity index (χ2v) is 9.87. The number of benzene rings is 3. The van der Waals surface area contributed by atoms with Crippen LogP contribution in [-0.4, -0.2) is 36.8 Å². The van der Waals surface area contributed by atoms with Gasteiger partial charge in [0.25, 0.3) is 0 Å². The number of rotatable bonds is 4. The Kier molecular flexibility index (Phi) is 5.30. The zero-order valence-electron chi connectivity index (χ0n) is 19.1. The maximum absolute atomic E-state index is 14.1. The highest BCUT2D eigenvalue weighted by Crippen LogP contribution is 2.50. The molecule has 0 aromatic heterocycles. The van der Waals surface area contributed by atoms with E-state index in [1.165, 1.54) is 25.3 Å². The molecule has 8 heteroatoms. The minimum atomic E-state index is -0.921. The number of amides is 2. The number of fused-ring (bicyclic) bond motifs is 5. The summed E-state index contributed by atoms with van der Waals surface area (Å²) in [4.78, 5) is 44.6. The maximum Gasteiger partial charge on any atom is 0.240 e. The second kappa shape index (κ2) is 8.41. The van der Waals surface area contributed by atoms with Gasteiger partial charge in [-0.15, -0.1) is 0 Å². The Bertz CT molecular complexity index is 1470. The number of hydrogen-bond donors (Lipinski definition) is 0. The van der Waals surface area contributed by atoms with E-state index in [0.29, 0.717) is 15.8 Å². The Morgan fingerprint density at radius 2 is 1.75 bits per heavy atom. The monoisotopic (exact) mass is 546 g/mol. The Labute approximate surface area is 215 Å². The van der Waals surface area contributed by atoms with E-state index < -0.39 is 41.6 Å². The van der Waals surface area contributed by atoms with E-state index in [0.717, 1.165) is 22.2 Å². The predicted octanol–water partition coefficient (Wildman–Crippen LogP) is 4.87. The molecule has 4 atom stereocenters. The van der Waals surface area contributed by atoms with Gasteiger partial charge in [-0.1, -0.05) is 36.4 Å². The minimum Gasteiger partial charge on any atom is -0.496 e. The Hall–Kier alpha value is -3.78. The van der Waals surface area contributed by atoms with Gasteiger partial charge in [-0.25, -0.2) is 9.29 Å². The molecule has 0 radical (unpaired) electrons. The SMILES string of the molecule is COc1ccc(C(=O)[C@@H]2[C@@H]3C(=O)N(c4cccc(F)c4)C(=O)[C@H]3[C@H]3C=Cc4ccccc4N32)cc1Br. The third kappa shape index (κ3) is 3.24. The summed E-state index contributed by atoms with van der Waals surface area (Å²) in [5.74, 6) is -2.87. The summed E-state index contributed by atoms with van der Waals surface area (Å²) in [6.07, 6.45) is 3.81. The number of nitrogens with zero attached hydrogens (tertiary/aromatic N) is 2. The van der Waals surface area contributed by atoms with E-state index in [-0.39, 0.29) is 11.5 Å². The van der Waals surface area contributed by atoms with Crippen LogP contribution in [0.1, 0.15) is 15.9 Å². The van der Waals surface area contributed by atoms with Crippen molar-refractivity contribution in [3.63, 3.8) is 0 Å². The van der Waals surface area contributed by atoms with Gasteiger partial charge in [0.2, 0.25) is 11.8 Å². The molecule has 180 valence electrons. The van der Waals surface area contributed by atoms with Crippen LogP contribution < -0.4 is 14.5 Å². The first-order valence-corrected chi connectivity index (χ1v) is 12.3. The summed E-state index contributed by atoms with van der Waals surface area (Å²) in [7, 11) is 1.54. The van der Waals surface area contributed by atoms with Gasteiger partial charge < -0.3 is 9.64 Å². The number of imide groups is 1. The maximum atomic E-state index is 14.1. The van der Waals surface area contributed by atoms with Crippen LogP contribution in [0.25, 0.3) is 6.08 Å². The average molecular weight is 547 g/mol. The summed E-state index contributed by atoms with van der Waals surface area (Å²) in [6, 6.07) is 16.6. The van der Waals surface area contributed by atoms with Gasteiger partial charge in [-0.3, -0.25) is 14.4 Å². The van der Waals surface area contributed by atoms with Crippen molar-refractivity contribution in [1.82, 2.24) is 0 Å². The van der Waals surface area contributed by atoms with E-state index >= 15 is 0 Å². The zero-order valence-corrected chi connectivity index (χ0v) is 20.7. The number of halogens is 2. The topological polar surface area (TPSA) is 66.9 Å². The van der Waals surface area contributed by atoms with Crippen molar-refractivity contribution in [1.29, 1.82) is 0 Å². The van der Waals surface area contributed by atoms with Crippen molar-refractivity contribution in [2.24, 2.45) is 11.8 Å². The lowest BCUT2D eigenvalue weighted by Crippen LogP contribution is -2.48. The molecule has 0 aliphatic carbocycles. The lowest BCUT2D eigenvalue weighted by atomic mass is 9.86.